The summed E-state index contributed by atoms with van der Waals surface area (Å²) in [5, 5.41) is 9.22. The Morgan fingerprint density at radius 1 is 1.67 bits per heavy atom. The highest BCUT2D eigenvalue weighted by Crippen LogP contribution is 2.09. The van der Waals surface area contributed by atoms with Crippen molar-refractivity contribution in [1.29, 1.82) is 0 Å². The number of anilines is 1. The molecule has 0 aliphatic heterocycles. The van der Waals surface area contributed by atoms with Crippen LogP contribution >= 0.6 is 0 Å². The number of carbonyl (C=O) groups excluding carboxylic acids is 1. The van der Waals surface area contributed by atoms with Gasteiger partial charge in [0.2, 0.25) is 0 Å². The third kappa shape index (κ3) is 2.71. The molecule has 1 aromatic heterocycles. The second kappa shape index (κ2) is 4.82. The van der Waals surface area contributed by atoms with Gasteiger partial charge in [-0.1, -0.05) is 20.8 Å². The molecule has 84 valence electrons. The van der Waals surface area contributed by atoms with Crippen LogP contribution in [0.2, 0.25) is 0 Å². The summed E-state index contributed by atoms with van der Waals surface area (Å²) in [7, 11) is 0. The van der Waals surface area contributed by atoms with Crippen LogP contribution in [0, 0.1) is 5.92 Å². The number of aromatic amines is 1. The van der Waals surface area contributed by atoms with Gasteiger partial charge in [0.15, 0.2) is 0 Å². The average Bonchev–Trinajstić information content (AvgIpc) is 2.60. The van der Waals surface area contributed by atoms with E-state index in [2.05, 4.69) is 29.4 Å². The van der Waals surface area contributed by atoms with Gasteiger partial charge in [-0.25, -0.2) is 0 Å². The molecule has 0 bridgehead atoms. The van der Waals surface area contributed by atoms with E-state index in [1.54, 1.807) is 0 Å². The molecule has 5 heteroatoms. The van der Waals surface area contributed by atoms with E-state index in [1.807, 2.05) is 6.92 Å². The molecule has 0 aromatic carbocycles. The molecule has 15 heavy (non-hydrogen) atoms. The summed E-state index contributed by atoms with van der Waals surface area (Å²) in [5.74, 6) is 0.216. The topological polar surface area (TPSA) is 83.8 Å². The average molecular weight is 210 g/mol. The number of H-pyrrole nitrogens is 1. The maximum Gasteiger partial charge on any atom is 0.271 e. The molecular weight excluding hydrogens is 192 g/mol. The van der Waals surface area contributed by atoms with Crippen molar-refractivity contribution >= 4 is 11.6 Å². The van der Waals surface area contributed by atoms with Gasteiger partial charge in [0.25, 0.3) is 5.91 Å². The van der Waals surface area contributed by atoms with Gasteiger partial charge in [-0.15, -0.1) is 0 Å². The summed E-state index contributed by atoms with van der Waals surface area (Å²) in [5.41, 5.74) is 6.30. The monoisotopic (exact) mass is 210 g/mol. The Balaban J connectivity index is 2.67. The Morgan fingerprint density at radius 3 is 2.73 bits per heavy atom. The number of carbonyl (C=O) groups is 1. The van der Waals surface area contributed by atoms with Crippen molar-refractivity contribution in [2.45, 2.75) is 33.2 Å². The van der Waals surface area contributed by atoms with Gasteiger partial charge in [-0.2, -0.15) is 5.10 Å². The summed E-state index contributed by atoms with van der Waals surface area (Å²) in [6.07, 6.45) is 2.34. The summed E-state index contributed by atoms with van der Waals surface area (Å²) in [4.78, 5) is 11.7. The zero-order valence-electron chi connectivity index (χ0n) is 9.37. The molecule has 0 saturated carbocycles. The van der Waals surface area contributed by atoms with Crippen molar-refractivity contribution in [3.8, 4) is 0 Å². The van der Waals surface area contributed by atoms with E-state index < -0.39 is 0 Å². The molecule has 1 rings (SSSR count). The van der Waals surface area contributed by atoms with Crippen molar-refractivity contribution in [3.63, 3.8) is 0 Å². The first-order chi connectivity index (χ1) is 7.06. The predicted molar refractivity (Wildman–Crippen MR) is 59.4 cm³/mol. The molecule has 5 nitrogen and oxygen atoms in total. The molecule has 1 aromatic rings. The standard InChI is InChI=1S/C10H18N4O/c1-4-8(6(2)3)13-10(15)9-7(11)5-12-14-9/h5-6,8H,4,11H2,1-3H3,(H,12,14)(H,13,15). The lowest BCUT2D eigenvalue weighted by molar-refractivity contribution is 0.0920. The molecule has 4 N–H and O–H groups in total. The number of nitrogens with two attached hydrogens (primary N) is 1. The van der Waals surface area contributed by atoms with Crippen molar-refractivity contribution in [2.75, 3.05) is 5.73 Å². The van der Waals surface area contributed by atoms with Crippen molar-refractivity contribution in [1.82, 2.24) is 15.5 Å². The van der Waals surface area contributed by atoms with Gasteiger partial charge in [0, 0.05) is 6.04 Å². The number of rotatable bonds is 4. The number of hydrogen-bond donors (Lipinski definition) is 3. The Kier molecular flexibility index (Phi) is 3.71. The first kappa shape index (κ1) is 11.6. The van der Waals surface area contributed by atoms with E-state index >= 15 is 0 Å². The second-order valence-corrected chi connectivity index (χ2v) is 3.93. The van der Waals surface area contributed by atoms with E-state index in [0.29, 0.717) is 17.3 Å². The van der Waals surface area contributed by atoms with Crippen LogP contribution in [0.25, 0.3) is 0 Å². The zero-order chi connectivity index (χ0) is 11.4. The lowest BCUT2D eigenvalue weighted by Crippen LogP contribution is -2.38. The Labute approximate surface area is 89.4 Å². The highest BCUT2D eigenvalue weighted by atomic mass is 16.2. The van der Waals surface area contributed by atoms with Crippen LogP contribution in [0.15, 0.2) is 6.20 Å². The second-order valence-electron chi connectivity index (χ2n) is 3.93. The van der Waals surface area contributed by atoms with Gasteiger partial charge in [0.1, 0.15) is 5.69 Å². The van der Waals surface area contributed by atoms with Gasteiger partial charge < -0.3 is 11.1 Å². The summed E-state index contributed by atoms with van der Waals surface area (Å²) in [6.45, 7) is 6.19. The van der Waals surface area contributed by atoms with E-state index in [1.165, 1.54) is 6.20 Å². The predicted octanol–water partition coefficient (Wildman–Crippen LogP) is 1.16. The van der Waals surface area contributed by atoms with Crippen LogP contribution in [0.4, 0.5) is 5.69 Å². The van der Waals surface area contributed by atoms with Crippen molar-refractivity contribution < 1.29 is 4.79 Å². The minimum atomic E-state index is -0.189. The maximum atomic E-state index is 11.7. The first-order valence-electron chi connectivity index (χ1n) is 5.16. The number of nitrogens with zero attached hydrogens (tertiary/aromatic N) is 1. The Morgan fingerprint density at radius 2 is 2.33 bits per heavy atom. The fourth-order valence-electron chi connectivity index (χ4n) is 1.46. The number of aromatic nitrogens is 2. The minimum Gasteiger partial charge on any atom is -0.396 e. The normalized spacial score (nSPS) is 12.8. The SMILES string of the molecule is CCC(NC(=O)c1[nH]ncc1N)C(C)C. The lowest BCUT2D eigenvalue weighted by atomic mass is 10.0. The molecular formula is C10H18N4O. The van der Waals surface area contributed by atoms with Gasteiger partial charge >= 0.3 is 0 Å². The highest BCUT2D eigenvalue weighted by molar-refractivity contribution is 5.97. The Hall–Kier alpha value is -1.52. The maximum absolute atomic E-state index is 11.7. The largest absolute Gasteiger partial charge is 0.396 e. The van der Waals surface area contributed by atoms with Crippen LogP contribution in [0.1, 0.15) is 37.7 Å². The molecule has 0 aliphatic rings. The van der Waals surface area contributed by atoms with E-state index in [4.69, 9.17) is 5.73 Å². The lowest BCUT2D eigenvalue weighted by Gasteiger charge is -2.20. The molecule has 1 heterocycles. The smallest absolute Gasteiger partial charge is 0.271 e. The molecule has 1 amide bonds. The van der Waals surface area contributed by atoms with Gasteiger partial charge in [-0.05, 0) is 12.3 Å². The van der Waals surface area contributed by atoms with Gasteiger partial charge in [-0.3, -0.25) is 9.89 Å². The van der Waals surface area contributed by atoms with Crippen LogP contribution in [0.5, 0.6) is 0 Å². The Bertz CT molecular complexity index is 332. The first-order valence-corrected chi connectivity index (χ1v) is 5.16. The molecule has 0 fully saturated rings. The number of amides is 1. The zero-order valence-corrected chi connectivity index (χ0v) is 9.37. The highest BCUT2D eigenvalue weighted by Gasteiger charge is 2.17. The molecule has 0 radical (unpaired) electrons. The van der Waals surface area contributed by atoms with E-state index in [9.17, 15) is 4.79 Å². The van der Waals surface area contributed by atoms with Crippen LogP contribution in [-0.2, 0) is 0 Å². The molecule has 0 spiro atoms. The number of nitrogens with one attached hydrogen (secondary N) is 2. The van der Waals surface area contributed by atoms with Crippen molar-refractivity contribution in [2.24, 2.45) is 5.92 Å². The van der Waals surface area contributed by atoms with Crippen LogP contribution < -0.4 is 11.1 Å². The van der Waals surface area contributed by atoms with Crippen molar-refractivity contribution in [3.05, 3.63) is 11.9 Å². The van der Waals surface area contributed by atoms with Crippen LogP contribution in [-0.4, -0.2) is 22.1 Å². The quantitative estimate of drug-likeness (QED) is 0.697. The fraction of sp³-hybridized carbons (Fsp3) is 0.600. The van der Waals surface area contributed by atoms with E-state index in [0.717, 1.165) is 6.42 Å². The number of hydrogen-bond acceptors (Lipinski definition) is 3. The number of nitrogen functional groups attached to an aromatic ring is 1. The minimum absolute atomic E-state index is 0.167. The fourth-order valence-corrected chi connectivity index (χ4v) is 1.46. The third-order valence-corrected chi connectivity index (χ3v) is 2.46. The molecule has 1 unspecified atom stereocenters. The molecule has 0 aliphatic carbocycles. The van der Waals surface area contributed by atoms with Gasteiger partial charge in [0.05, 0.1) is 11.9 Å². The molecule has 0 saturated heterocycles. The van der Waals surface area contributed by atoms with E-state index in [-0.39, 0.29) is 11.9 Å². The third-order valence-electron chi connectivity index (χ3n) is 2.46. The molecule has 1 atom stereocenters. The summed E-state index contributed by atoms with van der Waals surface area (Å²) >= 11 is 0. The van der Waals surface area contributed by atoms with Crippen LogP contribution in [0.3, 0.4) is 0 Å². The summed E-state index contributed by atoms with van der Waals surface area (Å²) < 4.78 is 0. The summed E-state index contributed by atoms with van der Waals surface area (Å²) in [6, 6.07) is 0.167.